The van der Waals surface area contributed by atoms with Crippen LogP contribution in [0.5, 0.6) is 0 Å². The van der Waals surface area contributed by atoms with Crippen LogP contribution in [0.4, 0.5) is 0 Å². The fraction of sp³-hybridized carbons (Fsp3) is 0.769. The Bertz CT molecular complexity index is 582. The van der Waals surface area contributed by atoms with Gasteiger partial charge in [0.15, 0.2) is 0 Å². The van der Waals surface area contributed by atoms with Gasteiger partial charge in [-0.25, -0.2) is 9.59 Å². The maximum Gasteiger partial charge on any atom is 0.339 e. The third kappa shape index (κ3) is 3.19. The second-order valence-electron chi connectivity index (χ2n) is 6.00. The number of hydrogen-bond acceptors (Lipinski definition) is 7. The summed E-state index contributed by atoms with van der Waals surface area (Å²) in [6.45, 7) is 4.75. The van der Waals surface area contributed by atoms with Crippen molar-refractivity contribution in [3.05, 3.63) is 0 Å². The second-order valence-corrected chi connectivity index (χ2v) is 10.3. The molecule has 2 saturated heterocycles. The second kappa shape index (κ2) is 6.39. The molecule has 1 unspecified atom stereocenters. The molecule has 0 aromatic heterocycles. The highest BCUT2D eigenvalue weighted by Crippen LogP contribution is 2.54. The summed E-state index contributed by atoms with van der Waals surface area (Å²) in [5.74, 6) is -2.21. The van der Waals surface area contributed by atoms with Gasteiger partial charge in [-0.3, -0.25) is 4.79 Å². The molecular weight excluding hydrogens is 403 g/mol. The number of amides is 1. The minimum atomic E-state index is -1.80. The molecule has 136 valence electrons. The summed E-state index contributed by atoms with van der Waals surface area (Å²) >= 11 is 17.9. The van der Waals surface area contributed by atoms with E-state index in [0.717, 1.165) is 0 Å². The first-order valence-electron chi connectivity index (χ1n) is 7.06. The summed E-state index contributed by atoms with van der Waals surface area (Å²) in [4.78, 5) is 38.2. The van der Waals surface area contributed by atoms with Gasteiger partial charge in [0.2, 0.25) is 9.33 Å². The molecule has 2 fully saturated rings. The number of ether oxygens (including phenoxy) is 2. The highest BCUT2D eigenvalue weighted by atomic mass is 35.6. The zero-order chi connectivity index (χ0) is 18.5. The molecule has 2 rings (SSSR count). The van der Waals surface area contributed by atoms with Crippen molar-refractivity contribution in [1.82, 2.24) is 4.90 Å². The number of alkyl halides is 3. The van der Waals surface area contributed by atoms with Crippen LogP contribution in [0.2, 0.25) is 0 Å². The van der Waals surface area contributed by atoms with Gasteiger partial charge in [-0.05, 0) is 20.8 Å². The Hall–Kier alpha value is -0.410. The monoisotopic (exact) mass is 418 g/mol. The molecular formula is C13H17Cl3N2O5S. The SMILES string of the molecule is CCOC(=O)C1(N)C(=O)N2[C@@H](C(=O)OCC(Cl)(Cl)Cl)C(C)(C)S[C@@H]21. The fourth-order valence-electron chi connectivity index (χ4n) is 2.74. The van der Waals surface area contributed by atoms with Crippen molar-refractivity contribution in [2.24, 2.45) is 5.73 Å². The number of carbonyl (C=O) groups excluding carboxylic acids is 3. The van der Waals surface area contributed by atoms with Crippen LogP contribution < -0.4 is 5.73 Å². The topological polar surface area (TPSA) is 98.9 Å². The summed E-state index contributed by atoms with van der Waals surface area (Å²) in [6, 6.07) is -0.946. The molecule has 2 heterocycles. The van der Waals surface area contributed by atoms with Crippen molar-refractivity contribution in [3.63, 3.8) is 0 Å². The fourth-order valence-corrected chi connectivity index (χ4v) is 4.53. The molecule has 24 heavy (non-hydrogen) atoms. The first-order valence-corrected chi connectivity index (χ1v) is 9.07. The molecule has 0 spiro atoms. The van der Waals surface area contributed by atoms with Crippen molar-refractivity contribution in [2.45, 2.75) is 46.3 Å². The Morgan fingerprint density at radius 3 is 2.42 bits per heavy atom. The highest BCUT2D eigenvalue weighted by molar-refractivity contribution is 8.01. The van der Waals surface area contributed by atoms with E-state index in [0.29, 0.717) is 0 Å². The number of hydrogen-bond donors (Lipinski definition) is 1. The zero-order valence-corrected chi connectivity index (χ0v) is 16.3. The number of fused-ring (bicyclic) bond motifs is 1. The van der Waals surface area contributed by atoms with E-state index < -0.39 is 49.9 Å². The highest BCUT2D eigenvalue weighted by Gasteiger charge is 2.74. The number of halogens is 3. The predicted molar refractivity (Wildman–Crippen MR) is 90.9 cm³/mol. The molecule has 0 aromatic carbocycles. The first-order chi connectivity index (χ1) is 10.9. The van der Waals surface area contributed by atoms with Crippen LogP contribution in [0.1, 0.15) is 20.8 Å². The molecule has 0 radical (unpaired) electrons. The average Bonchev–Trinajstić information content (AvgIpc) is 2.72. The largest absolute Gasteiger partial charge is 0.464 e. The standard InChI is InChI=1S/C13H17Cl3N2O5S/c1-4-22-10(21)13(17)8(20)18-6(11(2,3)24-9(13)18)7(19)23-5-12(14,15)16/h6,9H,4-5,17H2,1-3H3/t6-,9+,13?/m0/s1. The van der Waals surface area contributed by atoms with Gasteiger partial charge >= 0.3 is 11.9 Å². The third-order valence-corrected chi connectivity index (χ3v) is 5.78. The van der Waals surface area contributed by atoms with Gasteiger partial charge in [0, 0.05) is 4.75 Å². The number of nitrogens with zero attached hydrogens (tertiary/aromatic N) is 1. The molecule has 2 aliphatic rings. The Morgan fingerprint density at radius 2 is 1.92 bits per heavy atom. The minimum Gasteiger partial charge on any atom is -0.464 e. The van der Waals surface area contributed by atoms with Crippen molar-refractivity contribution < 1.29 is 23.9 Å². The average molecular weight is 420 g/mol. The van der Waals surface area contributed by atoms with E-state index in [2.05, 4.69) is 0 Å². The quantitative estimate of drug-likeness (QED) is 0.316. The Morgan fingerprint density at radius 1 is 1.33 bits per heavy atom. The Labute approximate surface area is 158 Å². The van der Waals surface area contributed by atoms with Crippen molar-refractivity contribution in [3.8, 4) is 0 Å². The Kier molecular flexibility index (Phi) is 5.30. The normalized spacial score (nSPS) is 31.3. The molecule has 0 bridgehead atoms. The zero-order valence-electron chi connectivity index (χ0n) is 13.2. The maximum atomic E-state index is 12.5. The number of β-lactam (4-membered cyclic amide) rings is 1. The van der Waals surface area contributed by atoms with E-state index in [1.807, 2.05) is 0 Å². The summed E-state index contributed by atoms with van der Waals surface area (Å²) in [7, 11) is 0. The van der Waals surface area contributed by atoms with Gasteiger partial charge in [-0.1, -0.05) is 34.8 Å². The van der Waals surface area contributed by atoms with Gasteiger partial charge in [-0.2, -0.15) is 0 Å². The van der Waals surface area contributed by atoms with Gasteiger partial charge < -0.3 is 20.1 Å². The lowest BCUT2D eigenvalue weighted by Gasteiger charge is -2.48. The maximum absolute atomic E-state index is 12.5. The lowest BCUT2D eigenvalue weighted by atomic mass is 9.85. The molecule has 7 nitrogen and oxygen atoms in total. The number of nitrogens with two attached hydrogens (primary N) is 1. The molecule has 2 aliphatic heterocycles. The number of rotatable bonds is 4. The summed E-state index contributed by atoms with van der Waals surface area (Å²) < 4.78 is 7.40. The third-order valence-electron chi connectivity index (χ3n) is 3.80. The van der Waals surface area contributed by atoms with Gasteiger partial charge in [0.1, 0.15) is 18.0 Å². The van der Waals surface area contributed by atoms with E-state index >= 15 is 0 Å². The van der Waals surface area contributed by atoms with E-state index in [1.54, 1.807) is 20.8 Å². The predicted octanol–water partition coefficient (Wildman–Crippen LogP) is 1.22. The van der Waals surface area contributed by atoms with Gasteiger partial charge in [0.05, 0.1) is 6.61 Å². The first kappa shape index (κ1) is 19.9. The molecule has 1 amide bonds. The summed E-state index contributed by atoms with van der Waals surface area (Å²) in [6.07, 6.45) is 0. The van der Waals surface area contributed by atoms with E-state index in [9.17, 15) is 14.4 Å². The number of esters is 2. The summed E-state index contributed by atoms with van der Waals surface area (Å²) in [5.41, 5.74) is 4.18. The van der Waals surface area contributed by atoms with Crippen LogP contribution in [0.15, 0.2) is 0 Å². The molecule has 11 heteroatoms. The lowest BCUT2D eigenvalue weighted by molar-refractivity contribution is -0.178. The van der Waals surface area contributed by atoms with Crippen molar-refractivity contribution >= 4 is 64.4 Å². The van der Waals surface area contributed by atoms with Crippen molar-refractivity contribution in [1.29, 1.82) is 0 Å². The number of thioether (sulfide) groups is 1. The van der Waals surface area contributed by atoms with E-state index in [1.165, 1.54) is 16.7 Å². The van der Waals surface area contributed by atoms with Crippen LogP contribution in [-0.4, -0.2) is 61.5 Å². The lowest BCUT2D eigenvalue weighted by Crippen LogP contribution is -2.81. The van der Waals surface area contributed by atoms with Gasteiger partial charge in [0.25, 0.3) is 5.91 Å². The van der Waals surface area contributed by atoms with Crippen LogP contribution in [0, 0.1) is 0 Å². The van der Waals surface area contributed by atoms with Crippen molar-refractivity contribution in [2.75, 3.05) is 13.2 Å². The van der Waals surface area contributed by atoms with Gasteiger partial charge in [-0.15, -0.1) is 11.8 Å². The van der Waals surface area contributed by atoms with Crippen LogP contribution in [0.25, 0.3) is 0 Å². The van der Waals surface area contributed by atoms with E-state index in [-0.39, 0.29) is 6.61 Å². The van der Waals surface area contributed by atoms with Crippen LogP contribution in [-0.2, 0) is 23.9 Å². The number of carbonyl (C=O) groups is 3. The molecule has 0 aromatic rings. The molecule has 0 aliphatic carbocycles. The van der Waals surface area contributed by atoms with Crippen LogP contribution >= 0.6 is 46.6 Å². The molecule has 2 N–H and O–H groups in total. The molecule has 0 saturated carbocycles. The van der Waals surface area contributed by atoms with E-state index in [4.69, 9.17) is 50.0 Å². The Balaban J connectivity index is 2.21. The smallest absolute Gasteiger partial charge is 0.339 e. The summed E-state index contributed by atoms with van der Waals surface area (Å²) in [5, 5.41) is -0.718. The minimum absolute atomic E-state index is 0.0978. The molecule has 3 atom stereocenters. The van der Waals surface area contributed by atoms with Crippen LogP contribution in [0.3, 0.4) is 0 Å².